The Labute approximate surface area is 178 Å². The first kappa shape index (κ1) is 23.7. The quantitative estimate of drug-likeness (QED) is 0.633. The van der Waals surface area contributed by atoms with Gasteiger partial charge in [-0.1, -0.05) is 18.2 Å². The third kappa shape index (κ3) is 7.03. The Bertz CT molecular complexity index is 964. The average molecular weight is 435 g/mol. The summed E-state index contributed by atoms with van der Waals surface area (Å²) in [5, 5.41) is 2.88. The first-order chi connectivity index (χ1) is 14.0. The molecule has 0 aliphatic rings. The number of hydrogen-bond donors (Lipinski definition) is 2. The Balaban J connectivity index is 1.88. The van der Waals surface area contributed by atoms with Gasteiger partial charge in [0, 0.05) is 18.5 Å². The van der Waals surface area contributed by atoms with Crippen LogP contribution < -0.4 is 19.5 Å². The van der Waals surface area contributed by atoms with E-state index in [-0.39, 0.29) is 10.8 Å². The molecule has 8 heteroatoms. The average Bonchev–Trinajstić information content (AvgIpc) is 2.69. The molecular weight excluding hydrogens is 404 g/mol. The van der Waals surface area contributed by atoms with E-state index in [2.05, 4.69) is 10.0 Å². The summed E-state index contributed by atoms with van der Waals surface area (Å²) in [4.78, 5) is 12.4. The minimum atomic E-state index is -3.56. The van der Waals surface area contributed by atoms with Gasteiger partial charge in [0.25, 0.3) is 0 Å². The molecule has 0 aromatic heterocycles. The molecule has 2 aromatic carbocycles. The zero-order chi connectivity index (χ0) is 22.4. The van der Waals surface area contributed by atoms with E-state index in [9.17, 15) is 13.2 Å². The van der Waals surface area contributed by atoms with Gasteiger partial charge in [0.15, 0.2) is 11.5 Å². The van der Waals surface area contributed by atoms with Gasteiger partial charge < -0.3 is 14.8 Å². The predicted molar refractivity (Wildman–Crippen MR) is 116 cm³/mol. The number of carbonyl (C=O) groups excluding carboxylic acids is 1. The first-order valence-electron chi connectivity index (χ1n) is 9.64. The molecule has 0 atom stereocenters. The molecule has 0 radical (unpaired) electrons. The maximum Gasteiger partial charge on any atom is 0.241 e. The number of hydrogen-bond acceptors (Lipinski definition) is 5. The van der Waals surface area contributed by atoms with E-state index >= 15 is 0 Å². The molecule has 0 saturated heterocycles. The van der Waals surface area contributed by atoms with Crippen LogP contribution in [-0.4, -0.2) is 34.1 Å². The molecule has 2 aromatic rings. The van der Waals surface area contributed by atoms with Crippen molar-refractivity contribution >= 4 is 15.9 Å². The zero-order valence-electron chi connectivity index (χ0n) is 18.1. The Hall–Kier alpha value is -2.58. The lowest BCUT2D eigenvalue weighted by Crippen LogP contribution is -2.40. The molecule has 0 bridgehead atoms. The molecule has 0 aliphatic carbocycles. The monoisotopic (exact) mass is 434 g/mol. The van der Waals surface area contributed by atoms with Crippen molar-refractivity contribution in [3.05, 3.63) is 53.6 Å². The fourth-order valence-corrected chi connectivity index (χ4v) is 4.25. The number of nitrogens with one attached hydrogen (secondary N) is 2. The normalized spacial score (nSPS) is 11.8. The summed E-state index contributed by atoms with van der Waals surface area (Å²) in [6, 6.07) is 12.1. The maximum absolute atomic E-state index is 12.3. The Morgan fingerprint density at radius 2 is 1.53 bits per heavy atom. The smallest absolute Gasteiger partial charge is 0.241 e. The van der Waals surface area contributed by atoms with Gasteiger partial charge in [-0.2, -0.15) is 0 Å². The molecule has 0 unspecified atom stereocenters. The molecule has 2 rings (SSSR count). The van der Waals surface area contributed by atoms with Crippen LogP contribution >= 0.6 is 0 Å². The lowest BCUT2D eigenvalue weighted by molar-refractivity contribution is -0.121. The lowest BCUT2D eigenvalue weighted by atomic mass is 10.1. The predicted octanol–water partition coefficient (Wildman–Crippen LogP) is 3.03. The Morgan fingerprint density at radius 1 is 0.933 bits per heavy atom. The van der Waals surface area contributed by atoms with Crippen LogP contribution in [-0.2, 0) is 27.8 Å². The molecule has 0 aliphatic heterocycles. The Kier molecular flexibility index (Phi) is 7.86. The molecule has 164 valence electrons. The summed E-state index contributed by atoms with van der Waals surface area (Å²) in [5.74, 6) is 1.16. The van der Waals surface area contributed by atoms with Crippen LogP contribution in [0.2, 0.25) is 0 Å². The molecule has 1 amide bonds. The number of aryl methyl sites for hydroxylation is 1. The summed E-state index contributed by atoms with van der Waals surface area (Å²) < 4.78 is 37.8. The molecule has 0 saturated carbocycles. The van der Waals surface area contributed by atoms with Crippen LogP contribution in [0.25, 0.3) is 0 Å². The van der Waals surface area contributed by atoms with Gasteiger partial charge in [-0.05, 0) is 62.6 Å². The molecule has 0 spiro atoms. The zero-order valence-corrected chi connectivity index (χ0v) is 18.9. The maximum atomic E-state index is 12.3. The van der Waals surface area contributed by atoms with Gasteiger partial charge >= 0.3 is 0 Å². The van der Waals surface area contributed by atoms with Crippen LogP contribution in [0.15, 0.2) is 47.4 Å². The van der Waals surface area contributed by atoms with E-state index in [1.165, 1.54) is 0 Å². The number of ether oxygens (including phenoxy) is 2. The second kappa shape index (κ2) is 9.95. The van der Waals surface area contributed by atoms with E-state index in [1.54, 1.807) is 65.3 Å². The molecule has 7 nitrogen and oxygen atoms in total. The van der Waals surface area contributed by atoms with Gasteiger partial charge in [-0.25, -0.2) is 13.1 Å². The summed E-state index contributed by atoms with van der Waals surface area (Å²) in [5.41, 5.74) is 1.25. The van der Waals surface area contributed by atoms with Crippen molar-refractivity contribution in [3.8, 4) is 11.5 Å². The second-order valence-corrected chi connectivity index (χ2v) is 9.65. The second-order valence-electron chi connectivity index (χ2n) is 7.97. The van der Waals surface area contributed by atoms with Gasteiger partial charge in [-0.15, -0.1) is 0 Å². The van der Waals surface area contributed by atoms with Crippen LogP contribution in [0.3, 0.4) is 0 Å². The first-order valence-corrected chi connectivity index (χ1v) is 11.1. The molecule has 2 N–H and O–H groups in total. The molecular formula is C22H30N2O5S. The van der Waals surface area contributed by atoms with Crippen molar-refractivity contribution in [1.29, 1.82) is 0 Å². The fourth-order valence-electron chi connectivity index (χ4n) is 2.83. The van der Waals surface area contributed by atoms with Crippen molar-refractivity contribution in [1.82, 2.24) is 10.0 Å². The van der Waals surface area contributed by atoms with E-state index in [4.69, 9.17) is 9.47 Å². The van der Waals surface area contributed by atoms with Crippen molar-refractivity contribution in [3.63, 3.8) is 0 Å². The number of carbonyl (C=O) groups is 1. The van der Waals surface area contributed by atoms with Gasteiger partial charge in [0.2, 0.25) is 15.9 Å². The van der Waals surface area contributed by atoms with Gasteiger partial charge in [-0.3, -0.25) is 4.79 Å². The standard InChI is InChI=1S/C22H30N2O5S/c1-22(2,3)24-30(26,27)18-10-6-16(7-11-18)9-13-21(25)23-15-17-8-12-19(28-4)20(14-17)29-5/h6-8,10-12,14,24H,9,13,15H2,1-5H3,(H,23,25). The fraction of sp³-hybridized carbons (Fsp3) is 0.409. The highest BCUT2D eigenvalue weighted by atomic mass is 32.2. The number of amides is 1. The number of sulfonamides is 1. The summed E-state index contributed by atoms with van der Waals surface area (Å²) in [7, 11) is -0.427. The van der Waals surface area contributed by atoms with Crippen LogP contribution in [0, 0.1) is 0 Å². The van der Waals surface area contributed by atoms with Gasteiger partial charge in [0.05, 0.1) is 19.1 Å². The van der Waals surface area contributed by atoms with Crippen molar-refractivity contribution in [2.24, 2.45) is 0 Å². The summed E-state index contributed by atoms with van der Waals surface area (Å²) in [6.45, 7) is 5.76. The van der Waals surface area contributed by atoms with Gasteiger partial charge in [0.1, 0.15) is 0 Å². The highest BCUT2D eigenvalue weighted by molar-refractivity contribution is 7.89. The van der Waals surface area contributed by atoms with E-state index < -0.39 is 15.6 Å². The minimum absolute atomic E-state index is 0.0871. The highest BCUT2D eigenvalue weighted by Gasteiger charge is 2.21. The van der Waals surface area contributed by atoms with E-state index in [0.717, 1.165) is 11.1 Å². The Morgan fingerprint density at radius 3 is 2.10 bits per heavy atom. The third-order valence-corrected chi connectivity index (χ3v) is 6.03. The van der Waals surface area contributed by atoms with E-state index in [0.29, 0.717) is 30.9 Å². The molecule has 0 fully saturated rings. The SMILES string of the molecule is COc1ccc(CNC(=O)CCc2ccc(S(=O)(=O)NC(C)(C)C)cc2)cc1OC. The highest BCUT2D eigenvalue weighted by Crippen LogP contribution is 2.27. The van der Waals surface area contributed by atoms with Crippen LogP contribution in [0.1, 0.15) is 38.3 Å². The minimum Gasteiger partial charge on any atom is -0.493 e. The number of benzene rings is 2. The topological polar surface area (TPSA) is 93.7 Å². The summed E-state index contributed by atoms with van der Waals surface area (Å²) >= 11 is 0. The number of methoxy groups -OCH3 is 2. The third-order valence-electron chi connectivity index (χ3n) is 4.25. The molecule has 0 heterocycles. The van der Waals surface area contributed by atoms with Crippen molar-refractivity contribution in [2.75, 3.05) is 14.2 Å². The molecule has 30 heavy (non-hydrogen) atoms. The number of rotatable bonds is 9. The van der Waals surface area contributed by atoms with Crippen LogP contribution in [0.5, 0.6) is 11.5 Å². The lowest BCUT2D eigenvalue weighted by Gasteiger charge is -2.20. The largest absolute Gasteiger partial charge is 0.493 e. The van der Waals surface area contributed by atoms with Crippen LogP contribution in [0.4, 0.5) is 0 Å². The van der Waals surface area contributed by atoms with Crippen molar-refractivity contribution < 1.29 is 22.7 Å². The van der Waals surface area contributed by atoms with E-state index in [1.807, 2.05) is 12.1 Å². The van der Waals surface area contributed by atoms with Crippen molar-refractivity contribution in [2.45, 2.75) is 50.6 Å². The summed E-state index contributed by atoms with van der Waals surface area (Å²) in [6.07, 6.45) is 0.824.